The molecule has 0 bridgehead atoms. The lowest BCUT2D eigenvalue weighted by Crippen LogP contribution is -2.42. The average Bonchev–Trinajstić information content (AvgIpc) is 2.38. The van der Waals surface area contributed by atoms with Gasteiger partial charge in [0.1, 0.15) is 17.1 Å². The zero-order chi connectivity index (χ0) is 14.0. The van der Waals surface area contributed by atoms with Crippen molar-refractivity contribution in [1.82, 2.24) is 4.90 Å². The van der Waals surface area contributed by atoms with Crippen LogP contribution in [0, 0.1) is 11.7 Å². The molecule has 6 heteroatoms. The van der Waals surface area contributed by atoms with E-state index in [4.69, 9.17) is 5.11 Å². The van der Waals surface area contributed by atoms with Crippen LogP contribution in [0.2, 0.25) is 0 Å². The van der Waals surface area contributed by atoms with Gasteiger partial charge in [-0.3, -0.25) is 9.59 Å². The van der Waals surface area contributed by atoms with Crippen LogP contribution < -0.4 is 0 Å². The van der Waals surface area contributed by atoms with Gasteiger partial charge in [-0.05, 0) is 25.0 Å². The summed E-state index contributed by atoms with van der Waals surface area (Å²) in [4.78, 5) is 24.4. The number of nitrogens with zero attached hydrogens (tertiary/aromatic N) is 1. The Labute approximate surface area is 109 Å². The highest BCUT2D eigenvalue weighted by molar-refractivity contribution is 5.97. The quantitative estimate of drug-likeness (QED) is 0.850. The number of aliphatic carboxylic acids is 1. The third-order valence-electron chi connectivity index (χ3n) is 3.26. The largest absolute Gasteiger partial charge is 0.507 e. The van der Waals surface area contributed by atoms with Crippen LogP contribution >= 0.6 is 0 Å². The zero-order valence-electron chi connectivity index (χ0n) is 10.2. The number of phenols is 1. The molecule has 1 aliphatic rings. The summed E-state index contributed by atoms with van der Waals surface area (Å²) < 4.78 is 13.6. The van der Waals surface area contributed by atoms with Gasteiger partial charge >= 0.3 is 5.97 Å². The molecule has 1 amide bonds. The van der Waals surface area contributed by atoms with E-state index in [-0.39, 0.29) is 6.54 Å². The first kappa shape index (κ1) is 13.3. The van der Waals surface area contributed by atoms with Gasteiger partial charge in [-0.15, -0.1) is 0 Å². The van der Waals surface area contributed by atoms with Crippen molar-refractivity contribution in [3.05, 3.63) is 29.6 Å². The highest BCUT2D eigenvalue weighted by atomic mass is 19.1. The molecule has 5 nitrogen and oxygen atoms in total. The number of carboxylic acid groups (broad SMARTS) is 1. The van der Waals surface area contributed by atoms with E-state index in [2.05, 4.69) is 0 Å². The number of piperidine rings is 1. The number of hydrogen-bond acceptors (Lipinski definition) is 3. The molecule has 2 rings (SSSR count). The number of rotatable bonds is 2. The second-order valence-electron chi connectivity index (χ2n) is 4.56. The SMILES string of the molecule is O=C(O)C1CCCN(C(=O)c2c(O)cccc2F)C1. The molecule has 1 unspecified atom stereocenters. The van der Waals surface area contributed by atoms with Crippen LogP contribution in [0.4, 0.5) is 4.39 Å². The monoisotopic (exact) mass is 267 g/mol. The lowest BCUT2D eigenvalue weighted by atomic mass is 9.97. The molecule has 2 N–H and O–H groups in total. The Hall–Kier alpha value is -2.11. The standard InChI is InChI=1S/C13H14FNO4/c14-9-4-1-5-10(16)11(9)12(17)15-6-2-3-8(7-15)13(18)19/h1,4-5,8,16H,2-3,6-7H2,(H,18,19). The third kappa shape index (κ3) is 2.67. The summed E-state index contributed by atoms with van der Waals surface area (Å²) in [5, 5.41) is 18.5. The van der Waals surface area contributed by atoms with Crippen molar-refractivity contribution in [2.24, 2.45) is 5.92 Å². The summed E-state index contributed by atoms with van der Waals surface area (Å²) in [6.07, 6.45) is 1.06. The lowest BCUT2D eigenvalue weighted by molar-refractivity contribution is -0.143. The fourth-order valence-electron chi connectivity index (χ4n) is 2.25. The summed E-state index contributed by atoms with van der Waals surface area (Å²) in [6.45, 7) is 0.415. The topological polar surface area (TPSA) is 77.8 Å². The Morgan fingerprint density at radius 3 is 2.74 bits per heavy atom. The van der Waals surface area contributed by atoms with Crippen molar-refractivity contribution < 1.29 is 24.2 Å². The Balaban J connectivity index is 2.22. The minimum absolute atomic E-state index is 0.0436. The molecule has 1 aliphatic heterocycles. The van der Waals surface area contributed by atoms with Crippen molar-refractivity contribution in [3.63, 3.8) is 0 Å². The first-order valence-corrected chi connectivity index (χ1v) is 6.00. The van der Waals surface area contributed by atoms with Crippen LogP contribution in [0.5, 0.6) is 5.75 Å². The van der Waals surface area contributed by atoms with Gasteiger partial charge in [0.05, 0.1) is 5.92 Å². The van der Waals surface area contributed by atoms with Crippen molar-refractivity contribution in [2.45, 2.75) is 12.8 Å². The number of carbonyl (C=O) groups is 2. The molecule has 0 radical (unpaired) electrons. The van der Waals surface area contributed by atoms with Crippen molar-refractivity contribution >= 4 is 11.9 Å². The Morgan fingerprint density at radius 1 is 1.37 bits per heavy atom. The zero-order valence-corrected chi connectivity index (χ0v) is 10.2. The maximum atomic E-state index is 13.6. The lowest BCUT2D eigenvalue weighted by Gasteiger charge is -2.30. The maximum Gasteiger partial charge on any atom is 0.308 e. The van der Waals surface area contributed by atoms with Gasteiger partial charge in [0.25, 0.3) is 5.91 Å². The van der Waals surface area contributed by atoms with E-state index in [0.29, 0.717) is 19.4 Å². The number of halogens is 1. The minimum atomic E-state index is -0.963. The molecule has 1 fully saturated rings. The molecule has 1 aromatic rings. The number of benzene rings is 1. The van der Waals surface area contributed by atoms with Crippen LogP contribution in [0.15, 0.2) is 18.2 Å². The van der Waals surface area contributed by atoms with E-state index in [0.717, 1.165) is 6.07 Å². The van der Waals surface area contributed by atoms with Crippen LogP contribution in [-0.2, 0) is 4.79 Å². The summed E-state index contributed by atoms with van der Waals surface area (Å²) in [5.41, 5.74) is -0.395. The fourth-order valence-corrected chi connectivity index (χ4v) is 2.25. The van der Waals surface area contributed by atoms with Crippen molar-refractivity contribution in [1.29, 1.82) is 0 Å². The van der Waals surface area contributed by atoms with Crippen molar-refractivity contribution in [3.8, 4) is 5.75 Å². The van der Waals surface area contributed by atoms with Gasteiger partial charge in [0.15, 0.2) is 0 Å². The van der Waals surface area contributed by atoms with E-state index in [1.807, 2.05) is 0 Å². The first-order chi connectivity index (χ1) is 9.00. The number of phenolic OH excluding ortho intramolecular Hbond substituents is 1. The summed E-state index contributed by atoms with van der Waals surface area (Å²) in [5.74, 6) is -3.49. The molecular formula is C13H14FNO4. The number of amides is 1. The average molecular weight is 267 g/mol. The smallest absolute Gasteiger partial charge is 0.308 e. The molecule has 1 aromatic carbocycles. The van der Waals surface area contributed by atoms with E-state index < -0.39 is 34.9 Å². The molecule has 102 valence electrons. The molecule has 0 aliphatic carbocycles. The highest BCUT2D eigenvalue weighted by Crippen LogP contribution is 2.25. The summed E-state index contributed by atoms with van der Waals surface area (Å²) >= 11 is 0. The van der Waals surface area contributed by atoms with Crippen molar-refractivity contribution in [2.75, 3.05) is 13.1 Å². The fraction of sp³-hybridized carbons (Fsp3) is 0.385. The van der Waals surface area contributed by atoms with Crippen LogP contribution in [0.25, 0.3) is 0 Å². The number of carbonyl (C=O) groups excluding carboxylic acids is 1. The Morgan fingerprint density at radius 2 is 2.11 bits per heavy atom. The van der Waals surface area contributed by atoms with Gasteiger partial charge < -0.3 is 15.1 Å². The molecule has 1 saturated heterocycles. The van der Waals surface area contributed by atoms with Crippen LogP contribution in [-0.4, -0.2) is 40.1 Å². The number of likely N-dealkylation sites (tertiary alicyclic amines) is 1. The molecule has 0 saturated carbocycles. The minimum Gasteiger partial charge on any atom is -0.507 e. The summed E-state index contributed by atoms with van der Waals surface area (Å²) in [7, 11) is 0. The molecular weight excluding hydrogens is 253 g/mol. The van der Waals surface area contributed by atoms with E-state index in [1.54, 1.807) is 0 Å². The molecule has 0 spiro atoms. The summed E-state index contributed by atoms with van der Waals surface area (Å²) in [6, 6.07) is 3.62. The van der Waals surface area contributed by atoms with Gasteiger partial charge in [0, 0.05) is 13.1 Å². The second kappa shape index (κ2) is 5.26. The van der Waals surface area contributed by atoms with Gasteiger partial charge in [0.2, 0.25) is 0 Å². The predicted molar refractivity (Wildman–Crippen MR) is 64.3 cm³/mol. The van der Waals surface area contributed by atoms with E-state index >= 15 is 0 Å². The Bertz CT molecular complexity index is 497. The first-order valence-electron chi connectivity index (χ1n) is 6.00. The second-order valence-corrected chi connectivity index (χ2v) is 4.56. The Kier molecular flexibility index (Phi) is 3.69. The molecule has 19 heavy (non-hydrogen) atoms. The van der Waals surface area contributed by atoms with E-state index in [1.165, 1.54) is 17.0 Å². The maximum absolute atomic E-state index is 13.6. The molecule has 0 aromatic heterocycles. The normalized spacial score (nSPS) is 19.2. The van der Waals surface area contributed by atoms with Gasteiger partial charge in [-0.2, -0.15) is 0 Å². The number of hydrogen-bond donors (Lipinski definition) is 2. The molecule has 1 atom stereocenters. The molecule has 1 heterocycles. The predicted octanol–water partition coefficient (Wildman–Crippen LogP) is 1.47. The van der Waals surface area contributed by atoms with E-state index in [9.17, 15) is 19.1 Å². The van der Waals surface area contributed by atoms with Gasteiger partial charge in [-0.1, -0.05) is 6.07 Å². The highest BCUT2D eigenvalue weighted by Gasteiger charge is 2.30. The van der Waals surface area contributed by atoms with Gasteiger partial charge in [-0.25, -0.2) is 4.39 Å². The van der Waals surface area contributed by atoms with Crippen LogP contribution in [0.1, 0.15) is 23.2 Å². The third-order valence-corrected chi connectivity index (χ3v) is 3.26. The van der Waals surface area contributed by atoms with Crippen LogP contribution in [0.3, 0.4) is 0 Å². The number of carboxylic acids is 1. The number of aromatic hydroxyl groups is 1.